The number of anilines is 1. The molecule has 0 spiro atoms. The summed E-state index contributed by atoms with van der Waals surface area (Å²) < 4.78 is 32.7. The Morgan fingerprint density at radius 2 is 2.03 bits per heavy atom. The molecule has 0 aliphatic carbocycles. The Balaban J connectivity index is 0.000000187. The zero-order valence-electron chi connectivity index (χ0n) is 17.1. The van der Waals surface area contributed by atoms with Crippen LogP contribution in [0.4, 0.5) is 10.7 Å². The number of rotatable bonds is 3. The van der Waals surface area contributed by atoms with E-state index in [1.54, 1.807) is 7.11 Å². The minimum absolute atomic E-state index is 0.119. The molecule has 2 aliphatic heterocycles. The van der Waals surface area contributed by atoms with E-state index in [1.165, 1.54) is 5.56 Å². The van der Waals surface area contributed by atoms with Crippen LogP contribution in [-0.4, -0.2) is 79.4 Å². The number of nitrogens with one attached hydrogen (secondary N) is 1. The van der Waals surface area contributed by atoms with Crippen LogP contribution in [-0.2, 0) is 14.6 Å². The van der Waals surface area contributed by atoms with Crippen LogP contribution in [0.2, 0.25) is 0 Å². The third kappa shape index (κ3) is 4.96. The molecule has 166 valence electrons. The molecule has 1 amide bonds. The summed E-state index contributed by atoms with van der Waals surface area (Å²) in [5.74, 6) is 1.71. The van der Waals surface area contributed by atoms with Crippen molar-refractivity contribution in [3.63, 3.8) is 0 Å². The number of carbonyl (C=O) groups is 1. The maximum Gasteiger partial charge on any atom is 0.407 e. The Morgan fingerprint density at radius 1 is 1.33 bits per heavy atom. The zero-order valence-corrected chi connectivity index (χ0v) is 17.9. The number of aromatic amines is 1. The summed E-state index contributed by atoms with van der Waals surface area (Å²) in [6, 6.07) is 4.07. The van der Waals surface area contributed by atoms with Crippen molar-refractivity contribution >= 4 is 32.9 Å². The van der Waals surface area contributed by atoms with Gasteiger partial charge in [-0.15, -0.1) is 0 Å². The summed E-state index contributed by atoms with van der Waals surface area (Å²) in [7, 11) is -1.42. The summed E-state index contributed by atoms with van der Waals surface area (Å²) in [5, 5.41) is 8.02. The second-order valence-electron chi connectivity index (χ2n) is 7.56. The number of nitrogen functional groups attached to an aromatic ring is 1. The number of carboxylic acid groups (broad SMARTS) is 1. The second-order valence-corrected chi connectivity index (χ2v) is 9.88. The third-order valence-corrected chi connectivity index (χ3v) is 7.15. The van der Waals surface area contributed by atoms with Gasteiger partial charge in [-0.05, 0) is 36.8 Å². The molecule has 0 bridgehead atoms. The molecule has 10 nitrogen and oxygen atoms in total. The molecule has 30 heavy (non-hydrogen) atoms. The summed E-state index contributed by atoms with van der Waals surface area (Å²) in [4.78, 5) is 19.0. The van der Waals surface area contributed by atoms with Gasteiger partial charge in [-0.3, -0.25) is 0 Å². The molecule has 0 unspecified atom stereocenters. The Labute approximate surface area is 175 Å². The van der Waals surface area contributed by atoms with E-state index < -0.39 is 21.2 Å². The topological polar surface area (TPSA) is 148 Å². The molecule has 4 rings (SSSR count). The average molecular weight is 441 g/mol. The molecule has 11 heteroatoms. The molecule has 4 N–H and O–H groups in total. The smallest absolute Gasteiger partial charge is 0.407 e. The van der Waals surface area contributed by atoms with Crippen molar-refractivity contribution in [3.8, 4) is 5.75 Å². The van der Waals surface area contributed by atoms with Crippen molar-refractivity contribution in [1.82, 2.24) is 14.9 Å². The lowest BCUT2D eigenvalue weighted by Crippen LogP contribution is -2.30. The Hall–Kier alpha value is -2.53. The lowest BCUT2D eigenvalue weighted by atomic mass is 9.90. The Bertz CT molecular complexity index is 1000. The van der Waals surface area contributed by atoms with Gasteiger partial charge in [0, 0.05) is 32.6 Å². The van der Waals surface area contributed by atoms with Gasteiger partial charge in [0.25, 0.3) is 0 Å². The molecule has 2 aliphatic rings. The van der Waals surface area contributed by atoms with E-state index in [4.69, 9.17) is 20.3 Å². The number of likely N-dealkylation sites (tertiary alicyclic amines) is 1. The minimum atomic E-state index is -3.07. The van der Waals surface area contributed by atoms with E-state index in [1.807, 2.05) is 6.07 Å². The van der Waals surface area contributed by atoms with Gasteiger partial charge in [0.1, 0.15) is 11.3 Å². The third-order valence-electron chi connectivity index (χ3n) is 5.56. The normalized spacial score (nSPS) is 20.1. The first kappa shape index (κ1) is 22.2. The maximum absolute atomic E-state index is 11.0. The first-order chi connectivity index (χ1) is 14.2. The van der Waals surface area contributed by atoms with E-state index in [-0.39, 0.29) is 6.54 Å². The number of hydrogen-bond donors (Lipinski definition) is 3. The van der Waals surface area contributed by atoms with Gasteiger partial charge in [0.05, 0.1) is 17.9 Å². The van der Waals surface area contributed by atoms with Gasteiger partial charge in [-0.25, -0.2) is 18.2 Å². The highest BCUT2D eigenvalue weighted by Crippen LogP contribution is 2.35. The van der Waals surface area contributed by atoms with Crippen molar-refractivity contribution in [2.24, 2.45) is 0 Å². The number of fused-ring (bicyclic) bond motifs is 1. The average Bonchev–Trinajstić information content (AvgIpc) is 3.35. The molecular weight excluding hydrogens is 412 g/mol. The van der Waals surface area contributed by atoms with Crippen LogP contribution in [0.25, 0.3) is 11.0 Å². The van der Waals surface area contributed by atoms with E-state index in [2.05, 4.69) is 16.0 Å². The molecule has 2 saturated heterocycles. The summed E-state index contributed by atoms with van der Waals surface area (Å²) in [5.41, 5.74) is 8.82. The number of sulfone groups is 1. The fraction of sp³-hybridized carbons (Fsp3) is 0.579. The highest BCUT2D eigenvalue weighted by molar-refractivity contribution is 7.91. The van der Waals surface area contributed by atoms with Gasteiger partial charge in [0.15, 0.2) is 15.8 Å². The van der Waals surface area contributed by atoms with Crippen LogP contribution in [0, 0.1) is 0 Å². The number of ether oxygens (including phenoxy) is 2. The quantitative estimate of drug-likeness (QED) is 0.655. The fourth-order valence-electron chi connectivity index (χ4n) is 3.87. The predicted octanol–water partition coefficient (Wildman–Crippen LogP) is 1.83. The number of nitrogens with two attached hydrogens (primary N) is 1. The van der Waals surface area contributed by atoms with E-state index in [0.29, 0.717) is 24.8 Å². The first-order valence-electron chi connectivity index (χ1n) is 9.77. The number of methoxy groups -OCH3 is 1. The largest absolute Gasteiger partial charge is 0.494 e. The van der Waals surface area contributed by atoms with E-state index in [0.717, 1.165) is 54.0 Å². The monoisotopic (exact) mass is 440 g/mol. The van der Waals surface area contributed by atoms with Crippen LogP contribution < -0.4 is 10.5 Å². The summed E-state index contributed by atoms with van der Waals surface area (Å²) in [6.45, 7) is 2.08. The highest BCUT2D eigenvalue weighted by Gasteiger charge is 2.32. The molecule has 1 atom stereocenters. The summed E-state index contributed by atoms with van der Waals surface area (Å²) >= 11 is 0. The van der Waals surface area contributed by atoms with E-state index in [9.17, 15) is 13.2 Å². The Morgan fingerprint density at radius 3 is 2.57 bits per heavy atom. The molecule has 3 heterocycles. The van der Waals surface area contributed by atoms with Crippen LogP contribution in [0.5, 0.6) is 5.75 Å². The van der Waals surface area contributed by atoms with Gasteiger partial charge in [-0.2, -0.15) is 0 Å². The van der Waals surface area contributed by atoms with Crippen LogP contribution >= 0.6 is 0 Å². The molecule has 0 saturated carbocycles. The standard InChI is InChI=1S/C13H17N3O2.C6H11NO4S/c1-17-10-3-2-9(8-4-6-18-7-5-8)11-12(10)16-13(14)15-11;1-12(10,11)5-2-3-7(4-5)6(8)9/h2-3,8H,4-7H2,1H3,(H3,14,15,16);5H,2-4H2,1H3,(H,8,9)/t;5-/m.0/s1. The van der Waals surface area contributed by atoms with Crippen molar-refractivity contribution in [1.29, 1.82) is 0 Å². The lowest BCUT2D eigenvalue weighted by molar-refractivity contribution is 0.0856. The summed E-state index contributed by atoms with van der Waals surface area (Å²) in [6.07, 6.45) is 2.59. The zero-order chi connectivity index (χ0) is 21.9. The van der Waals surface area contributed by atoms with E-state index >= 15 is 0 Å². The first-order valence-corrected chi connectivity index (χ1v) is 11.7. The number of hydrogen-bond acceptors (Lipinski definition) is 7. The predicted molar refractivity (Wildman–Crippen MR) is 113 cm³/mol. The van der Waals surface area contributed by atoms with Gasteiger partial charge >= 0.3 is 6.09 Å². The number of aromatic nitrogens is 2. The SMILES string of the molecule is COc1ccc(C2CCOCC2)c2nc(N)[nH]c12.CS(=O)(=O)[C@H]1CCN(C(=O)O)C1. The van der Waals surface area contributed by atoms with Gasteiger partial charge in [0.2, 0.25) is 0 Å². The lowest BCUT2D eigenvalue weighted by Gasteiger charge is -2.22. The van der Waals surface area contributed by atoms with Crippen molar-refractivity contribution in [2.75, 3.05) is 45.4 Å². The molecule has 2 aromatic rings. The molecule has 1 aromatic carbocycles. The molecule has 0 radical (unpaired) electrons. The number of imidazole rings is 1. The maximum atomic E-state index is 11.0. The number of benzene rings is 1. The molecular formula is C19H28N4O6S. The number of nitrogens with zero attached hydrogens (tertiary/aromatic N) is 2. The highest BCUT2D eigenvalue weighted by atomic mass is 32.2. The second kappa shape index (κ2) is 9.09. The van der Waals surface area contributed by atoms with Crippen LogP contribution in [0.3, 0.4) is 0 Å². The van der Waals surface area contributed by atoms with Gasteiger partial charge in [-0.1, -0.05) is 6.07 Å². The van der Waals surface area contributed by atoms with Crippen LogP contribution in [0.15, 0.2) is 12.1 Å². The van der Waals surface area contributed by atoms with Gasteiger partial charge < -0.3 is 30.2 Å². The van der Waals surface area contributed by atoms with Crippen molar-refractivity contribution < 1.29 is 27.8 Å². The molecule has 1 aromatic heterocycles. The number of H-pyrrole nitrogens is 1. The molecule has 2 fully saturated rings. The Kier molecular flexibility index (Phi) is 6.71. The van der Waals surface area contributed by atoms with Crippen molar-refractivity contribution in [3.05, 3.63) is 17.7 Å². The minimum Gasteiger partial charge on any atom is -0.494 e. The fourth-order valence-corrected chi connectivity index (χ4v) is 4.85. The number of amides is 1. The van der Waals surface area contributed by atoms with Crippen molar-refractivity contribution in [2.45, 2.75) is 30.4 Å². The van der Waals surface area contributed by atoms with Crippen LogP contribution in [0.1, 0.15) is 30.7 Å².